The molecular weight excluding hydrogens is 345 g/mol. The van der Waals surface area contributed by atoms with Crippen molar-refractivity contribution in [2.75, 3.05) is 0 Å². The molecule has 3 rings (SSSR count). The number of fused-ring (bicyclic) bond motifs is 1. The number of benzene rings is 2. The lowest BCUT2D eigenvalue weighted by Gasteiger charge is -2.08. The average molecular weight is 362 g/mol. The highest BCUT2D eigenvalue weighted by molar-refractivity contribution is 5.95. The fourth-order valence-corrected chi connectivity index (χ4v) is 2.77. The third-order valence-electron chi connectivity index (χ3n) is 4.08. The van der Waals surface area contributed by atoms with Crippen molar-refractivity contribution in [3.8, 4) is 5.75 Å². The molecule has 2 N–H and O–H groups in total. The van der Waals surface area contributed by atoms with Gasteiger partial charge in [0.2, 0.25) is 5.96 Å². The fraction of sp³-hybridized carbons (Fsp3) is 0.222. The van der Waals surface area contributed by atoms with Crippen LogP contribution in [0.4, 0.5) is 18.9 Å². The zero-order chi connectivity index (χ0) is 19.1. The number of alkyl halides is 3. The lowest BCUT2D eigenvalue weighted by atomic mass is 10.0. The summed E-state index contributed by atoms with van der Waals surface area (Å²) in [5.74, 6) is -0.197. The second-order valence-corrected chi connectivity index (χ2v) is 5.91. The molecule has 26 heavy (non-hydrogen) atoms. The number of rotatable bonds is 2. The molecule has 5 nitrogen and oxygen atoms in total. The molecule has 1 aromatic heterocycles. The molecule has 0 atom stereocenters. The molecule has 0 unspecified atom stereocenters. The Morgan fingerprint density at radius 1 is 1.08 bits per heavy atom. The van der Waals surface area contributed by atoms with E-state index in [0.717, 1.165) is 27.7 Å². The van der Waals surface area contributed by atoms with Crippen molar-refractivity contribution in [2.24, 2.45) is 10.7 Å². The maximum Gasteiger partial charge on any atom is 0.573 e. The van der Waals surface area contributed by atoms with Gasteiger partial charge in [-0.1, -0.05) is 6.07 Å². The van der Waals surface area contributed by atoms with Gasteiger partial charge in [0.1, 0.15) is 5.75 Å². The standard InChI is InChI=1S/C18H17F3N4O/c1-10-4-9-15-16(11(10)2)12(3)24-25(15)17(22)23-13-5-7-14(8-6-13)26-18(19,20)21/h4-9H,1-3H3,(H2,22,23). The summed E-state index contributed by atoms with van der Waals surface area (Å²) in [6, 6.07) is 9.04. The van der Waals surface area contributed by atoms with E-state index in [1.807, 2.05) is 32.9 Å². The van der Waals surface area contributed by atoms with Crippen molar-refractivity contribution in [1.82, 2.24) is 9.78 Å². The molecule has 0 aliphatic carbocycles. The predicted octanol–water partition coefficient (Wildman–Crippen LogP) is 4.35. The highest BCUT2D eigenvalue weighted by Crippen LogP contribution is 2.26. The minimum Gasteiger partial charge on any atom is -0.406 e. The Bertz CT molecular complexity index is 988. The average Bonchev–Trinajstić information content (AvgIpc) is 2.89. The van der Waals surface area contributed by atoms with E-state index in [0.29, 0.717) is 5.69 Å². The summed E-state index contributed by atoms with van der Waals surface area (Å²) in [5.41, 5.74) is 10.4. The first-order chi connectivity index (χ1) is 12.2. The van der Waals surface area contributed by atoms with Gasteiger partial charge in [0.15, 0.2) is 0 Å². The molecule has 1 heterocycles. The van der Waals surface area contributed by atoms with E-state index in [9.17, 15) is 13.2 Å². The van der Waals surface area contributed by atoms with E-state index < -0.39 is 6.36 Å². The Labute approximate surface area is 147 Å². The summed E-state index contributed by atoms with van der Waals surface area (Å²) < 4.78 is 42.0. The second kappa shape index (κ2) is 6.36. The number of nitrogens with two attached hydrogens (primary N) is 1. The molecular formula is C18H17F3N4O. The van der Waals surface area contributed by atoms with Gasteiger partial charge < -0.3 is 10.5 Å². The van der Waals surface area contributed by atoms with Crippen molar-refractivity contribution >= 4 is 22.5 Å². The van der Waals surface area contributed by atoms with Crippen molar-refractivity contribution in [3.63, 3.8) is 0 Å². The molecule has 0 aliphatic heterocycles. The lowest BCUT2D eigenvalue weighted by molar-refractivity contribution is -0.274. The summed E-state index contributed by atoms with van der Waals surface area (Å²) in [5, 5.41) is 5.45. The summed E-state index contributed by atoms with van der Waals surface area (Å²) in [4.78, 5) is 4.24. The third kappa shape index (κ3) is 3.49. The van der Waals surface area contributed by atoms with Gasteiger partial charge in [0, 0.05) is 5.39 Å². The van der Waals surface area contributed by atoms with Crippen LogP contribution in [-0.4, -0.2) is 22.1 Å². The molecule has 0 fully saturated rings. The molecule has 0 bridgehead atoms. The van der Waals surface area contributed by atoms with Crippen LogP contribution in [-0.2, 0) is 0 Å². The number of hydrogen-bond donors (Lipinski definition) is 1. The Balaban J connectivity index is 1.96. The zero-order valence-corrected chi connectivity index (χ0v) is 14.4. The Morgan fingerprint density at radius 2 is 1.73 bits per heavy atom. The molecule has 0 aliphatic rings. The first-order valence-electron chi connectivity index (χ1n) is 7.81. The number of halogens is 3. The van der Waals surface area contributed by atoms with Crippen molar-refractivity contribution in [2.45, 2.75) is 27.1 Å². The number of aromatic nitrogens is 2. The monoisotopic (exact) mass is 362 g/mol. The van der Waals surface area contributed by atoms with E-state index in [4.69, 9.17) is 5.73 Å². The maximum atomic E-state index is 12.2. The summed E-state index contributed by atoms with van der Waals surface area (Å²) in [7, 11) is 0. The van der Waals surface area contributed by atoms with Crippen LogP contribution in [0.5, 0.6) is 5.75 Å². The number of aryl methyl sites for hydroxylation is 3. The van der Waals surface area contributed by atoms with Gasteiger partial charge in [-0.3, -0.25) is 0 Å². The molecule has 0 saturated carbocycles. The summed E-state index contributed by atoms with van der Waals surface area (Å²) >= 11 is 0. The smallest absolute Gasteiger partial charge is 0.406 e. The molecule has 8 heteroatoms. The van der Waals surface area contributed by atoms with Crippen LogP contribution in [0.15, 0.2) is 41.4 Å². The number of hydrogen-bond acceptors (Lipinski definition) is 3. The highest BCUT2D eigenvalue weighted by Gasteiger charge is 2.30. The van der Waals surface area contributed by atoms with Crippen LogP contribution in [0, 0.1) is 20.8 Å². The molecule has 2 aromatic carbocycles. The van der Waals surface area contributed by atoms with Gasteiger partial charge in [-0.2, -0.15) is 9.78 Å². The van der Waals surface area contributed by atoms with Crippen LogP contribution in [0.3, 0.4) is 0 Å². The third-order valence-corrected chi connectivity index (χ3v) is 4.08. The molecule has 3 aromatic rings. The summed E-state index contributed by atoms with van der Waals surface area (Å²) in [6.45, 7) is 5.93. The van der Waals surface area contributed by atoms with Gasteiger partial charge >= 0.3 is 6.36 Å². The van der Waals surface area contributed by atoms with Crippen LogP contribution in [0.2, 0.25) is 0 Å². The van der Waals surface area contributed by atoms with E-state index in [1.165, 1.54) is 28.9 Å². The predicted molar refractivity (Wildman–Crippen MR) is 93.7 cm³/mol. The minimum absolute atomic E-state index is 0.121. The maximum absolute atomic E-state index is 12.2. The second-order valence-electron chi connectivity index (χ2n) is 5.91. The van der Waals surface area contributed by atoms with Crippen LogP contribution in [0.25, 0.3) is 10.9 Å². The Morgan fingerprint density at radius 3 is 2.35 bits per heavy atom. The van der Waals surface area contributed by atoms with Crippen LogP contribution in [0.1, 0.15) is 16.8 Å². The van der Waals surface area contributed by atoms with Crippen molar-refractivity contribution in [3.05, 3.63) is 53.2 Å². The largest absolute Gasteiger partial charge is 0.573 e. The summed E-state index contributed by atoms with van der Waals surface area (Å²) in [6.07, 6.45) is -4.73. The molecule has 136 valence electrons. The molecule has 0 amide bonds. The number of aliphatic imine (C=N–C) groups is 1. The Kier molecular flexibility index (Phi) is 4.35. The first kappa shape index (κ1) is 17.8. The molecule has 0 saturated heterocycles. The lowest BCUT2D eigenvalue weighted by Crippen LogP contribution is -2.23. The van der Waals surface area contributed by atoms with Crippen LogP contribution < -0.4 is 10.5 Å². The van der Waals surface area contributed by atoms with Gasteiger partial charge in [0.25, 0.3) is 0 Å². The number of ether oxygens (including phenoxy) is 1. The zero-order valence-electron chi connectivity index (χ0n) is 14.4. The van der Waals surface area contributed by atoms with E-state index in [1.54, 1.807) is 0 Å². The van der Waals surface area contributed by atoms with E-state index >= 15 is 0 Å². The molecule has 0 radical (unpaired) electrons. The first-order valence-corrected chi connectivity index (χ1v) is 7.81. The highest BCUT2D eigenvalue weighted by atomic mass is 19.4. The van der Waals surface area contributed by atoms with E-state index in [-0.39, 0.29) is 11.7 Å². The topological polar surface area (TPSA) is 65.4 Å². The fourth-order valence-electron chi connectivity index (χ4n) is 2.77. The van der Waals surface area contributed by atoms with Gasteiger partial charge in [-0.05, 0) is 62.2 Å². The van der Waals surface area contributed by atoms with Crippen molar-refractivity contribution in [1.29, 1.82) is 0 Å². The van der Waals surface area contributed by atoms with E-state index in [2.05, 4.69) is 14.8 Å². The van der Waals surface area contributed by atoms with Gasteiger partial charge in [-0.25, -0.2) is 4.99 Å². The minimum atomic E-state index is -4.73. The van der Waals surface area contributed by atoms with Gasteiger partial charge in [0.05, 0.1) is 16.9 Å². The Hall–Kier alpha value is -3.03. The molecule has 0 spiro atoms. The van der Waals surface area contributed by atoms with Crippen LogP contribution >= 0.6 is 0 Å². The normalized spacial score (nSPS) is 12.6. The van der Waals surface area contributed by atoms with Crippen molar-refractivity contribution < 1.29 is 17.9 Å². The quantitative estimate of drug-likeness (QED) is 0.544. The van der Waals surface area contributed by atoms with Gasteiger partial charge in [-0.15, -0.1) is 13.2 Å². The SMILES string of the molecule is Cc1ccc2c(c(C)nn2C(N)=Nc2ccc(OC(F)(F)F)cc2)c1C. The number of nitrogens with zero attached hydrogens (tertiary/aromatic N) is 3.